The SMILES string of the molecule is COC(=O)CC1CN(C(=O)CCc2ccc(OC)cc2)c2ccccc21. The van der Waals surface area contributed by atoms with E-state index in [4.69, 9.17) is 9.47 Å². The Labute approximate surface area is 153 Å². The minimum absolute atomic E-state index is 0.0106. The molecular weight excluding hydrogens is 330 g/mol. The summed E-state index contributed by atoms with van der Waals surface area (Å²) in [5.41, 5.74) is 3.04. The second-order valence-corrected chi connectivity index (χ2v) is 6.39. The summed E-state index contributed by atoms with van der Waals surface area (Å²) in [4.78, 5) is 26.3. The third-order valence-corrected chi connectivity index (χ3v) is 4.80. The Hall–Kier alpha value is -2.82. The number of esters is 1. The molecule has 0 spiro atoms. The van der Waals surface area contributed by atoms with Crippen molar-refractivity contribution in [3.8, 4) is 5.75 Å². The fourth-order valence-corrected chi connectivity index (χ4v) is 3.37. The number of para-hydroxylation sites is 1. The summed E-state index contributed by atoms with van der Waals surface area (Å²) in [6.45, 7) is 0.524. The van der Waals surface area contributed by atoms with Gasteiger partial charge in [0.2, 0.25) is 5.91 Å². The average molecular weight is 353 g/mol. The van der Waals surface area contributed by atoms with E-state index in [-0.39, 0.29) is 24.2 Å². The van der Waals surface area contributed by atoms with E-state index in [0.29, 0.717) is 19.4 Å². The predicted molar refractivity (Wildman–Crippen MR) is 99.5 cm³/mol. The molecule has 0 aromatic heterocycles. The van der Waals surface area contributed by atoms with Gasteiger partial charge in [0.25, 0.3) is 0 Å². The highest BCUT2D eigenvalue weighted by Gasteiger charge is 2.33. The zero-order valence-corrected chi connectivity index (χ0v) is 15.1. The minimum atomic E-state index is -0.252. The molecule has 26 heavy (non-hydrogen) atoms. The van der Waals surface area contributed by atoms with E-state index in [1.807, 2.05) is 48.5 Å². The number of carbonyl (C=O) groups is 2. The largest absolute Gasteiger partial charge is 0.497 e. The summed E-state index contributed by atoms with van der Waals surface area (Å²) in [7, 11) is 3.02. The Morgan fingerprint density at radius 1 is 1.08 bits per heavy atom. The standard InChI is InChI=1S/C21H23NO4/c1-25-17-10-7-15(8-11-17)9-12-20(23)22-14-16(13-21(24)26-2)18-5-3-4-6-19(18)22/h3-8,10-11,16H,9,12-14H2,1-2H3. The summed E-state index contributed by atoms with van der Waals surface area (Å²) in [6.07, 6.45) is 1.38. The highest BCUT2D eigenvalue weighted by molar-refractivity contribution is 5.96. The minimum Gasteiger partial charge on any atom is -0.497 e. The van der Waals surface area contributed by atoms with Crippen LogP contribution in [0.2, 0.25) is 0 Å². The molecule has 1 heterocycles. The third kappa shape index (κ3) is 3.87. The van der Waals surface area contributed by atoms with Crippen LogP contribution in [0, 0.1) is 0 Å². The molecule has 0 radical (unpaired) electrons. The van der Waals surface area contributed by atoms with Crippen LogP contribution in [0.1, 0.15) is 29.9 Å². The number of hydrogen-bond acceptors (Lipinski definition) is 4. The van der Waals surface area contributed by atoms with Gasteiger partial charge in [0.05, 0.1) is 20.6 Å². The van der Waals surface area contributed by atoms with Crippen LogP contribution < -0.4 is 9.64 Å². The van der Waals surface area contributed by atoms with Crippen LogP contribution in [0.3, 0.4) is 0 Å². The quantitative estimate of drug-likeness (QED) is 0.748. The number of methoxy groups -OCH3 is 2. The lowest BCUT2D eigenvalue weighted by molar-refractivity contribution is -0.141. The zero-order valence-electron chi connectivity index (χ0n) is 15.1. The smallest absolute Gasteiger partial charge is 0.306 e. The van der Waals surface area contributed by atoms with Crippen molar-refractivity contribution in [3.05, 3.63) is 59.7 Å². The number of hydrogen-bond donors (Lipinski definition) is 0. The van der Waals surface area contributed by atoms with Gasteiger partial charge < -0.3 is 14.4 Å². The molecule has 5 heteroatoms. The van der Waals surface area contributed by atoms with E-state index >= 15 is 0 Å². The third-order valence-electron chi connectivity index (χ3n) is 4.80. The van der Waals surface area contributed by atoms with Gasteiger partial charge in [-0.05, 0) is 35.7 Å². The van der Waals surface area contributed by atoms with Gasteiger partial charge in [-0.2, -0.15) is 0 Å². The number of anilines is 1. The van der Waals surface area contributed by atoms with E-state index in [2.05, 4.69) is 0 Å². The van der Waals surface area contributed by atoms with Gasteiger partial charge in [0.15, 0.2) is 0 Å². The lowest BCUT2D eigenvalue weighted by Gasteiger charge is -2.18. The van der Waals surface area contributed by atoms with Crippen molar-refractivity contribution in [1.29, 1.82) is 0 Å². The Kier molecular flexibility index (Phi) is 5.56. The summed E-state index contributed by atoms with van der Waals surface area (Å²) in [5.74, 6) is 0.612. The maximum Gasteiger partial charge on any atom is 0.306 e. The van der Waals surface area contributed by atoms with Crippen molar-refractivity contribution in [2.75, 3.05) is 25.7 Å². The van der Waals surface area contributed by atoms with Crippen LogP contribution in [0.25, 0.3) is 0 Å². The van der Waals surface area contributed by atoms with Gasteiger partial charge in [-0.3, -0.25) is 9.59 Å². The van der Waals surface area contributed by atoms with Crippen LogP contribution in [0.4, 0.5) is 5.69 Å². The maximum atomic E-state index is 12.8. The van der Waals surface area contributed by atoms with E-state index in [1.54, 1.807) is 12.0 Å². The van der Waals surface area contributed by atoms with E-state index in [9.17, 15) is 9.59 Å². The predicted octanol–water partition coefficient (Wildman–Crippen LogP) is 3.32. The first kappa shape index (κ1) is 18.0. The molecule has 2 aromatic rings. The second kappa shape index (κ2) is 8.04. The monoisotopic (exact) mass is 353 g/mol. The molecule has 1 unspecified atom stereocenters. The molecular formula is C21H23NO4. The van der Waals surface area contributed by atoms with Crippen LogP contribution in [-0.2, 0) is 20.7 Å². The molecule has 1 amide bonds. The first-order valence-corrected chi connectivity index (χ1v) is 8.71. The normalized spacial score (nSPS) is 15.5. The summed E-state index contributed by atoms with van der Waals surface area (Å²) < 4.78 is 9.95. The van der Waals surface area contributed by atoms with Gasteiger partial charge in [0, 0.05) is 24.6 Å². The van der Waals surface area contributed by atoms with Crippen LogP contribution in [-0.4, -0.2) is 32.6 Å². The average Bonchev–Trinajstić information content (AvgIpc) is 3.05. The van der Waals surface area contributed by atoms with Gasteiger partial charge in [-0.1, -0.05) is 30.3 Å². The van der Waals surface area contributed by atoms with Crippen molar-refractivity contribution in [2.45, 2.75) is 25.2 Å². The maximum absolute atomic E-state index is 12.8. The Morgan fingerprint density at radius 2 is 1.81 bits per heavy atom. The molecule has 0 saturated heterocycles. The van der Waals surface area contributed by atoms with Gasteiger partial charge >= 0.3 is 5.97 Å². The van der Waals surface area contributed by atoms with Crippen LogP contribution in [0.15, 0.2) is 48.5 Å². The van der Waals surface area contributed by atoms with Crippen molar-refractivity contribution in [2.24, 2.45) is 0 Å². The molecule has 1 aliphatic rings. The van der Waals surface area contributed by atoms with E-state index in [0.717, 1.165) is 22.6 Å². The Morgan fingerprint density at radius 3 is 2.50 bits per heavy atom. The van der Waals surface area contributed by atoms with Gasteiger partial charge in [-0.25, -0.2) is 0 Å². The van der Waals surface area contributed by atoms with Gasteiger partial charge in [0.1, 0.15) is 5.75 Å². The van der Waals surface area contributed by atoms with Crippen molar-refractivity contribution >= 4 is 17.6 Å². The number of benzene rings is 2. The topological polar surface area (TPSA) is 55.8 Å². The summed E-state index contributed by atoms with van der Waals surface area (Å²) in [5, 5.41) is 0. The van der Waals surface area contributed by atoms with Crippen molar-refractivity contribution < 1.29 is 19.1 Å². The van der Waals surface area contributed by atoms with Gasteiger partial charge in [-0.15, -0.1) is 0 Å². The van der Waals surface area contributed by atoms with Crippen LogP contribution >= 0.6 is 0 Å². The Bertz CT molecular complexity index is 785. The molecule has 1 atom stereocenters. The first-order chi connectivity index (χ1) is 12.6. The number of nitrogens with zero attached hydrogens (tertiary/aromatic N) is 1. The molecule has 3 rings (SSSR count). The molecule has 1 aliphatic heterocycles. The first-order valence-electron chi connectivity index (χ1n) is 8.71. The molecule has 5 nitrogen and oxygen atoms in total. The summed E-state index contributed by atoms with van der Waals surface area (Å²) in [6, 6.07) is 15.5. The molecule has 0 aliphatic carbocycles. The number of amides is 1. The van der Waals surface area contributed by atoms with Crippen molar-refractivity contribution in [3.63, 3.8) is 0 Å². The lowest BCUT2D eigenvalue weighted by atomic mass is 9.98. The molecule has 136 valence electrons. The number of carbonyl (C=O) groups excluding carboxylic acids is 2. The fraction of sp³-hybridized carbons (Fsp3) is 0.333. The van der Waals surface area contributed by atoms with E-state index < -0.39 is 0 Å². The zero-order chi connectivity index (χ0) is 18.5. The number of ether oxygens (including phenoxy) is 2. The summed E-state index contributed by atoms with van der Waals surface area (Å²) >= 11 is 0. The fourth-order valence-electron chi connectivity index (χ4n) is 3.37. The Balaban J connectivity index is 1.68. The number of aryl methyl sites for hydroxylation is 1. The lowest BCUT2D eigenvalue weighted by Crippen LogP contribution is -2.30. The van der Waals surface area contributed by atoms with Crippen molar-refractivity contribution in [1.82, 2.24) is 0 Å². The van der Waals surface area contributed by atoms with E-state index in [1.165, 1.54) is 7.11 Å². The molecule has 0 fully saturated rings. The highest BCUT2D eigenvalue weighted by atomic mass is 16.5. The highest BCUT2D eigenvalue weighted by Crippen LogP contribution is 2.38. The number of fused-ring (bicyclic) bond motifs is 1. The number of rotatable bonds is 6. The molecule has 0 saturated carbocycles. The van der Waals surface area contributed by atoms with Crippen LogP contribution in [0.5, 0.6) is 5.75 Å². The molecule has 0 N–H and O–H groups in total. The second-order valence-electron chi connectivity index (χ2n) is 6.39. The molecule has 0 bridgehead atoms. The molecule has 2 aromatic carbocycles.